The summed E-state index contributed by atoms with van der Waals surface area (Å²) in [5, 5.41) is 1.93. The van der Waals surface area contributed by atoms with E-state index in [4.69, 9.17) is 4.74 Å². The van der Waals surface area contributed by atoms with Crippen LogP contribution in [0, 0.1) is 5.92 Å². The predicted octanol–water partition coefficient (Wildman–Crippen LogP) is 2.69. The second kappa shape index (κ2) is 7.06. The maximum atomic E-state index is 12.8. The summed E-state index contributed by atoms with van der Waals surface area (Å²) in [6.45, 7) is 2.49. The van der Waals surface area contributed by atoms with Gasteiger partial charge in [-0.05, 0) is 17.5 Å². The maximum Gasteiger partial charge on any atom is 0.264 e. The number of rotatable bonds is 4. The summed E-state index contributed by atoms with van der Waals surface area (Å²) in [5.41, 5.74) is 1.05. The summed E-state index contributed by atoms with van der Waals surface area (Å²) in [7, 11) is 0. The second-order valence-electron chi connectivity index (χ2n) is 6.05. The van der Waals surface area contributed by atoms with E-state index in [1.54, 1.807) is 6.20 Å². The van der Waals surface area contributed by atoms with Gasteiger partial charge in [-0.15, -0.1) is 11.3 Å². The number of amides is 1. The first kappa shape index (κ1) is 15.8. The minimum atomic E-state index is 0.0625. The van der Waals surface area contributed by atoms with Gasteiger partial charge in [0.1, 0.15) is 0 Å². The number of carbonyl (C=O) groups excluding carboxylic acids is 1. The van der Waals surface area contributed by atoms with Crippen LogP contribution in [0.2, 0.25) is 0 Å². The monoisotopic (exact) mass is 354 g/mol. The van der Waals surface area contributed by atoms with Crippen LogP contribution in [0.3, 0.4) is 0 Å². The second-order valence-corrected chi connectivity index (χ2v) is 6.99. The number of imidazole rings is 1. The number of fused-ring (bicyclic) bond motifs is 1. The van der Waals surface area contributed by atoms with Crippen molar-refractivity contribution < 1.29 is 9.53 Å². The van der Waals surface area contributed by atoms with Crippen molar-refractivity contribution >= 4 is 17.2 Å². The molecular weight excluding hydrogens is 336 g/mol. The van der Waals surface area contributed by atoms with Gasteiger partial charge in [-0.25, -0.2) is 9.97 Å². The van der Waals surface area contributed by atoms with Crippen LogP contribution < -0.4 is 4.74 Å². The molecule has 6 nitrogen and oxygen atoms in total. The molecule has 128 valence electrons. The highest BCUT2D eigenvalue weighted by Crippen LogP contribution is 2.21. The van der Waals surface area contributed by atoms with Crippen molar-refractivity contribution in [3.05, 3.63) is 65.0 Å². The van der Waals surface area contributed by atoms with Gasteiger partial charge in [0, 0.05) is 37.5 Å². The molecule has 7 heteroatoms. The van der Waals surface area contributed by atoms with Crippen molar-refractivity contribution in [3.8, 4) is 5.88 Å². The SMILES string of the molecule is O=C(c1cccs1)N1Cc2cncn2CC(COc2ccccn2)C1. The van der Waals surface area contributed by atoms with E-state index < -0.39 is 0 Å². The van der Waals surface area contributed by atoms with Crippen molar-refractivity contribution in [2.24, 2.45) is 5.92 Å². The minimum Gasteiger partial charge on any atom is -0.477 e. The Labute approximate surface area is 149 Å². The predicted molar refractivity (Wildman–Crippen MR) is 94.5 cm³/mol. The van der Waals surface area contributed by atoms with Crippen LogP contribution in [0.4, 0.5) is 0 Å². The summed E-state index contributed by atoms with van der Waals surface area (Å²) in [6.07, 6.45) is 5.36. The van der Waals surface area contributed by atoms with Crippen LogP contribution in [0.15, 0.2) is 54.4 Å². The van der Waals surface area contributed by atoms with Crippen molar-refractivity contribution in [2.45, 2.75) is 13.1 Å². The number of carbonyl (C=O) groups is 1. The van der Waals surface area contributed by atoms with Crippen molar-refractivity contribution in [2.75, 3.05) is 13.2 Å². The molecule has 0 saturated carbocycles. The van der Waals surface area contributed by atoms with Gasteiger partial charge in [0.25, 0.3) is 5.91 Å². The third kappa shape index (κ3) is 3.56. The van der Waals surface area contributed by atoms with Crippen LogP contribution in [-0.2, 0) is 13.1 Å². The van der Waals surface area contributed by atoms with Gasteiger partial charge < -0.3 is 14.2 Å². The standard InChI is InChI=1S/C18H18N4O2S/c23-18(16-4-3-7-25-16)21-9-14(10-22-13-19-8-15(22)11-21)12-24-17-5-1-2-6-20-17/h1-8,13-14H,9-12H2. The molecule has 25 heavy (non-hydrogen) atoms. The smallest absolute Gasteiger partial charge is 0.264 e. The van der Waals surface area contributed by atoms with Crippen LogP contribution in [-0.4, -0.2) is 38.5 Å². The third-order valence-corrected chi connectivity index (χ3v) is 5.07. The zero-order valence-electron chi connectivity index (χ0n) is 13.6. The molecule has 3 aromatic rings. The fourth-order valence-electron chi connectivity index (χ4n) is 3.00. The Morgan fingerprint density at radius 2 is 2.24 bits per heavy atom. The molecule has 0 bridgehead atoms. The van der Waals surface area contributed by atoms with Crippen LogP contribution in [0.5, 0.6) is 5.88 Å². The van der Waals surface area contributed by atoms with Crippen molar-refractivity contribution in [3.63, 3.8) is 0 Å². The van der Waals surface area contributed by atoms with Crippen LogP contribution in [0.1, 0.15) is 15.4 Å². The quantitative estimate of drug-likeness (QED) is 0.723. The topological polar surface area (TPSA) is 60.2 Å². The Morgan fingerprint density at radius 3 is 3.04 bits per heavy atom. The Bertz CT molecular complexity index is 832. The van der Waals surface area contributed by atoms with E-state index in [1.807, 2.05) is 53.1 Å². The maximum absolute atomic E-state index is 12.8. The largest absolute Gasteiger partial charge is 0.477 e. The summed E-state index contributed by atoms with van der Waals surface area (Å²) in [5.74, 6) is 0.836. The Kier molecular flexibility index (Phi) is 4.47. The summed E-state index contributed by atoms with van der Waals surface area (Å²) in [4.78, 5) is 23.9. The fourth-order valence-corrected chi connectivity index (χ4v) is 3.69. The number of aromatic nitrogens is 3. The Balaban J connectivity index is 1.52. The highest BCUT2D eigenvalue weighted by atomic mass is 32.1. The molecule has 1 aliphatic rings. The lowest BCUT2D eigenvalue weighted by atomic mass is 10.1. The Hall–Kier alpha value is -2.67. The lowest BCUT2D eigenvalue weighted by Crippen LogP contribution is -2.35. The zero-order valence-corrected chi connectivity index (χ0v) is 14.4. The third-order valence-electron chi connectivity index (χ3n) is 4.21. The summed E-state index contributed by atoms with van der Waals surface area (Å²) in [6, 6.07) is 9.37. The molecule has 0 aromatic carbocycles. The van der Waals surface area contributed by atoms with E-state index in [1.165, 1.54) is 11.3 Å². The molecule has 4 heterocycles. The zero-order chi connectivity index (χ0) is 17.1. The molecule has 0 N–H and O–H groups in total. The molecule has 0 saturated heterocycles. The molecular formula is C18H18N4O2S. The van der Waals surface area contributed by atoms with E-state index >= 15 is 0 Å². The molecule has 0 aliphatic carbocycles. The molecule has 0 radical (unpaired) electrons. The average molecular weight is 354 g/mol. The van der Waals surface area contributed by atoms with Gasteiger partial charge in [-0.2, -0.15) is 0 Å². The van der Waals surface area contributed by atoms with E-state index in [2.05, 4.69) is 14.5 Å². The highest BCUT2D eigenvalue weighted by Gasteiger charge is 2.27. The Morgan fingerprint density at radius 1 is 1.28 bits per heavy atom. The van der Waals surface area contributed by atoms with Crippen molar-refractivity contribution in [1.82, 2.24) is 19.4 Å². The van der Waals surface area contributed by atoms with Crippen LogP contribution in [0.25, 0.3) is 0 Å². The van der Waals surface area contributed by atoms with E-state index in [9.17, 15) is 4.79 Å². The average Bonchev–Trinajstić information content (AvgIpc) is 3.29. The molecule has 1 atom stereocenters. The number of hydrogen-bond donors (Lipinski definition) is 0. The molecule has 1 amide bonds. The van der Waals surface area contributed by atoms with Crippen molar-refractivity contribution in [1.29, 1.82) is 0 Å². The van der Waals surface area contributed by atoms with Gasteiger partial charge in [0.15, 0.2) is 0 Å². The van der Waals surface area contributed by atoms with Gasteiger partial charge in [-0.1, -0.05) is 12.1 Å². The van der Waals surface area contributed by atoms with Gasteiger partial charge in [0.2, 0.25) is 5.88 Å². The molecule has 0 fully saturated rings. The molecule has 1 unspecified atom stereocenters. The minimum absolute atomic E-state index is 0.0625. The van der Waals surface area contributed by atoms with E-state index in [0.717, 1.165) is 17.1 Å². The molecule has 3 aromatic heterocycles. The normalized spacial score (nSPS) is 17.0. The van der Waals surface area contributed by atoms with Gasteiger partial charge in [-0.3, -0.25) is 4.79 Å². The van der Waals surface area contributed by atoms with Crippen LogP contribution >= 0.6 is 11.3 Å². The van der Waals surface area contributed by atoms with E-state index in [0.29, 0.717) is 25.6 Å². The number of thiophene rings is 1. The summed E-state index contributed by atoms with van der Waals surface area (Å²) >= 11 is 1.47. The number of nitrogens with zero attached hydrogens (tertiary/aromatic N) is 4. The fraction of sp³-hybridized carbons (Fsp3) is 0.278. The lowest BCUT2D eigenvalue weighted by molar-refractivity contribution is 0.0705. The van der Waals surface area contributed by atoms with E-state index in [-0.39, 0.29) is 11.8 Å². The first-order valence-electron chi connectivity index (χ1n) is 8.15. The summed E-state index contributed by atoms with van der Waals surface area (Å²) < 4.78 is 7.94. The van der Waals surface area contributed by atoms with Gasteiger partial charge >= 0.3 is 0 Å². The number of hydrogen-bond acceptors (Lipinski definition) is 5. The first-order valence-corrected chi connectivity index (χ1v) is 9.03. The number of pyridine rings is 1. The highest BCUT2D eigenvalue weighted by molar-refractivity contribution is 7.12. The molecule has 4 rings (SSSR count). The lowest BCUT2D eigenvalue weighted by Gasteiger charge is -2.23. The van der Waals surface area contributed by atoms with Gasteiger partial charge in [0.05, 0.1) is 30.1 Å². The first-order chi connectivity index (χ1) is 12.3. The molecule has 1 aliphatic heterocycles. The number of ether oxygens (including phenoxy) is 1. The molecule has 0 spiro atoms.